The Labute approximate surface area is 165 Å². The summed E-state index contributed by atoms with van der Waals surface area (Å²) in [6.45, 7) is 2.57. The van der Waals surface area contributed by atoms with Crippen LogP contribution in [0.4, 0.5) is 8.78 Å². The van der Waals surface area contributed by atoms with Crippen LogP contribution in [0.5, 0.6) is 0 Å². The zero-order chi connectivity index (χ0) is 22.2. The van der Waals surface area contributed by atoms with Crippen LogP contribution < -0.4 is 0 Å². The average molecular weight is 446 g/mol. The van der Waals surface area contributed by atoms with Crippen molar-refractivity contribution in [2.75, 3.05) is 6.61 Å². The van der Waals surface area contributed by atoms with E-state index in [1.807, 2.05) is 0 Å². The van der Waals surface area contributed by atoms with Gasteiger partial charge in [0.05, 0.1) is 17.6 Å². The number of alkyl halides is 2. The van der Waals surface area contributed by atoms with Crippen molar-refractivity contribution < 1.29 is 55.8 Å². The summed E-state index contributed by atoms with van der Waals surface area (Å²) in [5.41, 5.74) is -1.16. The summed E-state index contributed by atoms with van der Waals surface area (Å²) >= 11 is 0. The normalized spacial score (nSPS) is 28.7. The van der Waals surface area contributed by atoms with Crippen molar-refractivity contribution in [3.63, 3.8) is 0 Å². The molecule has 1 aliphatic carbocycles. The minimum atomic E-state index is -6.01. The van der Waals surface area contributed by atoms with Crippen LogP contribution in [0.3, 0.4) is 0 Å². The fourth-order valence-electron chi connectivity index (χ4n) is 3.83. The van der Waals surface area contributed by atoms with Gasteiger partial charge in [-0.3, -0.25) is 9.35 Å². The van der Waals surface area contributed by atoms with Crippen LogP contribution >= 0.6 is 0 Å². The topological polar surface area (TPSA) is 157 Å². The number of rotatable bonds is 9. The van der Waals surface area contributed by atoms with Crippen molar-refractivity contribution in [1.82, 2.24) is 0 Å². The predicted octanol–water partition coefficient (Wildman–Crippen LogP) is 0.216. The number of aliphatic hydroxyl groups excluding tert-OH is 1. The number of halogens is 2. The lowest BCUT2D eigenvalue weighted by molar-refractivity contribution is -0.211. The lowest BCUT2D eigenvalue weighted by atomic mass is 9.67. The molecule has 13 heteroatoms. The largest absolute Gasteiger partial charge is 0.459 e. The second-order valence-corrected chi connectivity index (χ2v) is 8.69. The smallest absolute Gasteiger partial charge is 0.430 e. The van der Waals surface area contributed by atoms with Crippen LogP contribution in [-0.2, 0) is 33.9 Å². The standard InChI is InChI=1S/C16H24F2O10S/c1-3-15(22,4-2)9-6-10(11-5-8(9)13(20)27-11)26-7-12(19)28-14(21)16(17,18)29(23,24)25/h8-11,14,21-22H,3-7H2,1-2H3,(H,23,24,25). The Morgan fingerprint density at radius 2 is 1.90 bits per heavy atom. The Morgan fingerprint density at radius 1 is 1.31 bits per heavy atom. The van der Waals surface area contributed by atoms with Gasteiger partial charge in [-0.15, -0.1) is 0 Å². The summed E-state index contributed by atoms with van der Waals surface area (Å²) < 4.78 is 70.3. The fraction of sp³-hybridized carbons (Fsp3) is 0.875. The number of carbonyl (C=O) groups is 2. The van der Waals surface area contributed by atoms with E-state index in [0.29, 0.717) is 12.8 Å². The summed E-state index contributed by atoms with van der Waals surface area (Å²) in [5, 5.41) is 14.8. The number of aliphatic hydroxyl groups is 2. The molecule has 5 atom stereocenters. The van der Waals surface area contributed by atoms with Crippen LogP contribution in [-0.4, -0.2) is 71.1 Å². The second kappa shape index (κ2) is 8.38. The molecule has 1 aliphatic heterocycles. The lowest BCUT2D eigenvalue weighted by Crippen LogP contribution is -2.48. The zero-order valence-corrected chi connectivity index (χ0v) is 16.6. The fourth-order valence-corrected chi connectivity index (χ4v) is 4.13. The molecule has 3 N–H and O–H groups in total. The second-order valence-electron chi connectivity index (χ2n) is 7.20. The number of hydrogen-bond donors (Lipinski definition) is 3. The van der Waals surface area contributed by atoms with Crippen LogP contribution in [0.15, 0.2) is 0 Å². The third kappa shape index (κ3) is 4.68. The first kappa shape index (κ1) is 23.9. The number of ether oxygens (including phenoxy) is 3. The Hall–Kier alpha value is -1.41. The Bertz CT molecular complexity index is 736. The predicted molar refractivity (Wildman–Crippen MR) is 90.0 cm³/mol. The molecule has 0 amide bonds. The molecule has 0 aromatic carbocycles. The maximum atomic E-state index is 13.2. The number of esters is 2. The van der Waals surface area contributed by atoms with E-state index in [9.17, 15) is 31.9 Å². The molecule has 168 valence electrons. The van der Waals surface area contributed by atoms with Gasteiger partial charge >= 0.3 is 27.3 Å². The maximum Gasteiger partial charge on any atom is 0.430 e. The third-order valence-electron chi connectivity index (χ3n) is 5.65. The zero-order valence-electron chi connectivity index (χ0n) is 15.8. The third-order valence-corrected chi connectivity index (χ3v) is 6.54. The van der Waals surface area contributed by atoms with E-state index in [-0.39, 0.29) is 12.8 Å². The van der Waals surface area contributed by atoms with E-state index in [2.05, 4.69) is 4.74 Å². The molecule has 2 fully saturated rings. The average Bonchev–Trinajstić information content (AvgIpc) is 2.95. The molecule has 1 saturated carbocycles. The first-order valence-electron chi connectivity index (χ1n) is 9.03. The quantitative estimate of drug-likeness (QED) is 0.254. The van der Waals surface area contributed by atoms with Gasteiger partial charge in [0.15, 0.2) is 0 Å². The van der Waals surface area contributed by atoms with Gasteiger partial charge in [0.25, 0.3) is 6.29 Å². The van der Waals surface area contributed by atoms with Gasteiger partial charge in [-0.1, -0.05) is 13.8 Å². The van der Waals surface area contributed by atoms with Crippen molar-refractivity contribution >= 4 is 22.1 Å². The van der Waals surface area contributed by atoms with Gasteiger partial charge in [-0.05, 0) is 19.3 Å². The lowest BCUT2D eigenvalue weighted by Gasteiger charge is -2.41. The molecule has 5 unspecified atom stereocenters. The van der Waals surface area contributed by atoms with Crippen LogP contribution in [0, 0.1) is 11.8 Å². The van der Waals surface area contributed by atoms with E-state index >= 15 is 0 Å². The monoisotopic (exact) mass is 446 g/mol. The van der Waals surface area contributed by atoms with Crippen molar-refractivity contribution in [2.24, 2.45) is 11.8 Å². The van der Waals surface area contributed by atoms with Gasteiger partial charge < -0.3 is 24.4 Å². The van der Waals surface area contributed by atoms with E-state index < -0.39 is 69.9 Å². The molecule has 1 saturated heterocycles. The molecule has 0 spiro atoms. The van der Waals surface area contributed by atoms with Crippen molar-refractivity contribution in [2.45, 2.75) is 68.9 Å². The maximum absolute atomic E-state index is 13.2. The first-order chi connectivity index (χ1) is 13.3. The Morgan fingerprint density at radius 3 is 2.41 bits per heavy atom. The number of fused-ring (bicyclic) bond motifs is 2. The molecule has 2 aliphatic rings. The van der Waals surface area contributed by atoms with Crippen LogP contribution in [0.1, 0.15) is 39.5 Å². The number of hydrogen-bond acceptors (Lipinski definition) is 9. The summed E-state index contributed by atoms with van der Waals surface area (Å²) in [6, 6.07) is 0. The summed E-state index contributed by atoms with van der Waals surface area (Å²) in [4.78, 5) is 23.8. The summed E-state index contributed by atoms with van der Waals surface area (Å²) in [5.74, 6) is -3.03. The molecule has 29 heavy (non-hydrogen) atoms. The highest BCUT2D eigenvalue weighted by molar-refractivity contribution is 7.86. The summed E-state index contributed by atoms with van der Waals surface area (Å²) in [6.07, 6.45) is -3.81. The van der Waals surface area contributed by atoms with Gasteiger partial charge in [-0.2, -0.15) is 17.2 Å². The SMILES string of the molecule is CCC(O)(CC)C1CC(OCC(=O)OC(O)C(F)(F)S(=O)(=O)O)C2CC1C(=O)O2. The molecular weight excluding hydrogens is 422 g/mol. The molecule has 2 bridgehead atoms. The van der Waals surface area contributed by atoms with E-state index in [1.165, 1.54) is 0 Å². The van der Waals surface area contributed by atoms with E-state index in [0.717, 1.165) is 0 Å². The van der Waals surface area contributed by atoms with Gasteiger partial charge in [0, 0.05) is 12.3 Å². The minimum absolute atomic E-state index is 0.163. The highest BCUT2D eigenvalue weighted by Gasteiger charge is 2.56. The van der Waals surface area contributed by atoms with Gasteiger partial charge in [0.1, 0.15) is 12.7 Å². The minimum Gasteiger partial charge on any atom is -0.459 e. The molecular formula is C16H24F2O10S. The molecule has 0 aromatic rings. The first-order valence-corrected chi connectivity index (χ1v) is 10.5. The number of carbonyl (C=O) groups excluding carboxylic acids is 2. The molecule has 0 aromatic heterocycles. The Balaban J connectivity index is 2.01. The van der Waals surface area contributed by atoms with Gasteiger partial charge in [-0.25, -0.2) is 4.79 Å². The van der Waals surface area contributed by atoms with Crippen LogP contribution in [0.2, 0.25) is 0 Å². The Kier molecular flexibility index (Phi) is 6.89. The summed E-state index contributed by atoms with van der Waals surface area (Å²) in [7, 11) is -6.01. The van der Waals surface area contributed by atoms with Crippen molar-refractivity contribution in [3.8, 4) is 0 Å². The molecule has 2 rings (SSSR count). The van der Waals surface area contributed by atoms with E-state index in [4.69, 9.17) is 19.1 Å². The molecule has 0 radical (unpaired) electrons. The molecule has 1 heterocycles. The van der Waals surface area contributed by atoms with Crippen LogP contribution in [0.25, 0.3) is 0 Å². The highest BCUT2D eigenvalue weighted by Crippen LogP contribution is 2.46. The van der Waals surface area contributed by atoms with Crippen molar-refractivity contribution in [3.05, 3.63) is 0 Å². The molecule has 10 nitrogen and oxygen atoms in total. The van der Waals surface area contributed by atoms with E-state index in [1.54, 1.807) is 13.8 Å². The van der Waals surface area contributed by atoms with Gasteiger partial charge in [0.2, 0.25) is 0 Å². The van der Waals surface area contributed by atoms with Crippen molar-refractivity contribution in [1.29, 1.82) is 0 Å². The highest BCUT2D eigenvalue weighted by atomic mass is 32.2.